The molecule has 184 valence electrons. The summed E-state index contributed by atoms with van der Waals surface area (Å²) in [5.41, 5.74) is 9.87. The van der Waals surface area contributed by atoms with Gasteiger partial charge in [-0.25, -0.2) is 9.97 Å². The van der Waals surface area contributed by atoms with Crippen LogP contribution in [0.3, 0.4) is 0 Å². The first kappa shape index (κ1) is 23.5. The standard InChI is InChI=1S/C26H32N6O3/c1-34-13-14-35-21-6-7-23-22(15-21)28-18-32(23)25-8-5-19-3-2-4-24(26(19)29-25)31-11-9-30(10-12-31)16-20(27)17-33/h2-8,15,18,20,33H,9-14,16-17,27H2,1H3/t20-/m1/s1. The molecule has 0 aliphatic carbocycles. The average molecular weight is 477 g/mol. The average Bonchev–Trinajstić information content (AvgIpc) is 3.32. The molecule has 0 unspecified atom stereocenters. The molecule has 3 N–H and O–H groups in total. The lowest BCUT2D eigenvalue weighted by atomic mass is 10.1. The second-order valence-electron chi connectivity index (χ2n) is 8.85. The molecule has 0 saturated carbocycles. The lowest BCUT2D eigenvalue weighted by Crippen LogP contribution is -2.50. The van der Waals surface area contributed by atoms with Gasteiger partial charge in [0, 0.05) is 57.3 Å². The number of benzene rings is 2. The highest BCUT2D eigenvalue weighted by Gasteiger charge is 2.21. The Morgan fingerprint density at radius 2 is 1.91 bits per heavy atom. The van der Waals surface area contributed by atoms with Crippen LogP contribution in [0.5, 0.6) is 5.75 Å². The summed E-state index contributed by atoms with van der Waals surface area (Å²) in [4.78, 5) is 14.4. The molecule has 0 amide bonds. The van der Waals surface area contributed by atoms with E-state index in [1.165, 1.54) is 0 Å². The van der Waals surface area contributed by atoms with E-state index in [4.69, 9.17) is 20.2 Å². The van der Waals surface area contributed by atoms with Crippen molar-refractivity contribution in [1.29, 1.82) is 0 Å². The molecule has 3 heterocycles. The second-order valence-corrected chi connectivity index (χ2v) is 8.85. The van der Waals surface area contributed by atoms with Crippen LogP contribution in [-0.4, -0.2) is 90.2 Å². The van der Waals surface area contributed by atoms with Crippen LogP contribution in [0.15, 0.2) is 54.9 Å². The molecule has 1 atom stereocenters. The number of aliphatic hydroxyl groups excluding tert-OH is 1. The van der Waals surface area contributed by atoms with Crippen LogP contribution in [0, 0.1) is 0 Å². The fourth-order valence-corrected chi connectivity index (χ4v) is 4.58. The number of nitrogens with two attached hydrogens (primary N) is 1. The summed E-state index contributed by atoms with van der Waals surface area (Å²) in [5.74, 6) is 1.60. The van der Waals surface area contributed by atoms with E-state index < -0.39 is 0 Å². The first-order chi connectivity index (χ1) is 17.2. The number of nitrogens with zero attached hydrogens (tertiary/aromatic N) is 5. The van der Waals surface area contributed by atoms with Gasteiger partial charge in [-0.2, -0.15) is 0 Å². The summed E-state index contributed by atoms with van der Waals surface area (Å²) in [5, 5.41) is 10.4. The van der Waals surface area contributed by atoms with Crippen LogP contribution in [0.4, 0.5) is 5.69 Å². The molecule has 9 heteroatoms. The quantitative estimate of drug-likeness (QED) is 0.354. The van der Waals surface area contributed by atoms with E-state index in [-0.39, 0.29) is 12.6 Å². The zero-order valence-electron chi connectivity index (χ0n) is 20.0. The Kier molecular flexibility index (Phi) is 7.10. The highest BCUT2D eigenvalue weighted by atomic mass is 16.5. The highest BCUT2D eigenvalue weighted by molar-refractivity contribution is 5.92. The Balaban J connectivity index is 1.40. The molecule has 1 aliphatic rings. The van der Waals surface area contributed by atoms with Crippen molar-refractivity contribution in [2.75, 3.05) is 64.6 Å². The number of methoxy groups -OCH3 is 1. The van der Waals surface area contributed by atoms with Gasteiger partial charge in [0.05, 0.1) is 35.5 Å². The summed E-state index contributed by atoms with van der Waals surface area (Å²) < 4.78 is 12.8. The Hall–Kier alpha value is -3.24. The highest BCUT2D eigenvalue weighted by Crippen LogP contribution is 2.29. The minimum atomic E-state index is -0.193. The smallest absolute Gasteiger partial charge is 0.139 e. The third kappa shape index (κ3) is 5.08. The van der Waals surface area contributed by atoms with Crippen molar-refractivity contribution in [3.8, 4) is 11.6 Å². The number of pyridine rings is 1. The van der Waals surface area contributed by atoms with Crippen molar-refractivity contribution < 1.29 is 14.6 Å². The summed E-state index contributed by atoms with van der Waals surface area (Å²) in [6, 6.07) is 16.2. The molecular weight excluding hydrogens is 444 g/mol. The maximum Gasteiger partial charge on any atom is 0.139 e. The van der Waals surface area contributed by atoms with Crippen molar-refractivity contribution >= 4 is 27.6 Å². The molecular formula is C26H32N6O3. The molecule has 2 aromatic heterocycles. The number of para-hydroxylation sites is 1. The van der Waals surface area contributed by atoms with Crippen LogP contribution in [0.25, 0.3) is 27.8 Å². The van der Waals surface area contributed by atoms with Crippen LogP contribution >= 0.6 is 0 Å². The number of fused-ring (bicyclic) bond motifs is 2. The normalized spacial score (nSPS) is 15.7. The SMILES string of the molecule is COCCOc1ccc2c(c1)ncn2-c1ccc2cccc(N3CCN(C[C@@H](N)CO)CC3)c2n1. The number of hydrogen-bond donors (Lipinski definition) is 2. The van der Waals surface area contributed by atoms with Gasteiger partial charge < -0.3 is 25.2 Å². The molecule has 2 aromatic carbocycles. The molecule has 0 spiro atoms. The molecule has 0 radical (unpaired) electrons. The number of imidazole rings is 1. The second kappa shape index (κ2) is 10.6. The largest absolute Gasteiger partial charge is 0.491 e. The molecule has 4 aromatic rings. The van der Waals surface area contributed by atoms with Gasteiger partial charge >= 0.3 is 0 Å². The molecule has 1 fully saturated rings. The number of hydrogen-bond acceptors (Lipinski definition) is 8. The predicted octanol–water partition coefficient (Wildman–Crippen LogP) is 2.04. The Morgan fingerprint density at radius 3 is 2.71 bits per heavy atom. The van der Waals surface area contributed by atoms with E-state index in [1.807, 2.05) is 35.2 Å². The third-order valence-corrected chi connectivity index (χ3v) is 6.45. The zero-order chi connectivity index (χ0) is 24.2. The van der Waals surface area contributed by atoms with Gasteiger partial charge in [0.2, 0.25) is 0 Å². The monoisotopic (exact) mass is 476 g/mol. The van der Waals surface area contributed by atoms with Gasteiger partial charge in [0.15, 0.2) is 0 Å². The van der Waals surface area contributed by atoms with Gasteiger partial charge in [0.1, 0.15) is 24.5 Å². The predicted molar refractivity (Wildman–Crippen MR) is 137 cm³/mol. The first-order valence-corrected chi connectivity index (χ1v) is 12.0. The van der Waals surface area contributed by atoms with E-state index in [1.54, 1.807) is 7.11 Å². The van der Waals surface area contributed by atoms with E-state index in [9.17, 15) is 5.11 Å². The Morgan fingerprint density at radius 1 is 1.06 bits per heavy atom. The molecule has 35 heavy (non-hydrogen) atoms. The first-order valence-electron chi connectivity index (χ1n) is 12.0. The molecule has 5 rings (SSSR count). The molecule has 1 aliphatic heterocycles. The van der Waals surface area contributed by atoms with Crippen LogP contribution in [-0.2, 0) is 4.74 Å². The number of aromatic nitrogens is 3. The summed E-state index contributed by atoms with van der Waals surface area (Å²) in [7, 11) is 1.66. The summed E-state index contributed by atoms with van der Waals surface area (Å²) >= 11 is 0. The number of ether oxygens (including phenoxy) is 2. The van der Waals surface area contributed by atoms with Crippen LogP contribution < -0.4 is 15.4 Å². The van der Waals surface area contributed by atoms with Crippen molar-refractivity contribution in [3.63, 3.8) is 0 Å². The number of anilines is 1. The van der Waals surface area contributed by atoms with Crippen molar-refractivity contribution in [3.05, 3.63) is 54.9 Å². The number of rotatable bonds is 9. The molecule has 9 nitrogen and oxygen atoms in total. The van der Waals surface area contributed by atoms with Crippen molar-refractivity contribution in [1.82, 2.24) is 19.4 Å². The van der Waals surface area contributed by atoms with E-state index >= 15 is 0 Å². The van der Waals surface area contributed by atoms with Crippen LogP contribution in [0.1, 0.15) is 0 Å². The summed E-state index contributed by atoms with van der Waals surface area (Å²) in [6.45, 7) is 5.37. The van der Waals surface area contributed by atoms with Gasteiger partial charge in [-0.15, -0.1) is 0 Å². The maximum atomic E-state index is 9.25. The maximum absolute atomic E-state index is 9.25. The lowest BCUT2D eigenvalue weighted by Gasteiger charge is -2.37. The fraction of sp³-hybridized carbons (Fsp3) is 0.385. The number of piperazine rings is 1. The van der Waals surface area contributed by atoms with Gasteiger partial charge in [-0.3, -0.25) is 9.47 Å². The number of aliphatic hydroxyl groups is 1. The van der Waals surface area contributed by atoms with Gasteiger partial charge in [0.25, 0.3) is 0 Å². The zero-order valence-corrected chi connectivity index (χ0v) is 20.0. The van der Waals surface area contributed by atoms with Crippen LogP contribution in [0.2, 0.25) is 0 Å². The van der Waals surface area contributed by atoms with Crippen molar-refractivity contribution in [2.24, 2.45) is 5.73 Å². The third-order valence-electron chi connectivity index (χ3n) is 6.45. The lowest BCUT2D eigenvalue weighted by molar-refractivity contribution is 0.146. The van der Waals surface area contributed by atoms with E-state index in [0.29, 0.717) is 13.2 Å². The van der Waals surface area contributed by atoms with Gasteiger partial charge in [-0.1, -0.05) is 12.1 Å². The topological polar surface area (TPSA) is 102 Å². The minimum Gasteiger partial charge on any atom is -0.491 e. The van der Waals surface area contributed by atoms with Crippen molar-refractivity contribution in [2.45, 2.75) is 6.04 Å². The molecule has 1 saturated heterocycles. The minimum absolute atomic E-state index is 0.0152. The Labute approximate surface area is 204 Å². The molecule has 0 bridgehead atoms. The fourth-order valence-electron chi connectivity index (χ4n) is 4.58. The summed E-state index contributed by atoms with van der Waals surface area (Å²) in [6.07, 6.45) is 1.81. The van der Waals surface area contributed by atoms with E-state index in [0.717, 1.165) is 71.9 Å². The van der Waals surface area contributed by atoms with Gasteiger partial charge in [-0.05, 0) is 30.3 Å². The Bertz CT molecular complexity index is 1280. The van der Waals surface area contributed by atoms with E-state index in [2.05, 4.69) is 39.0 Å².